The average Bonchev–Trinajstić information content (AvgIpc) is 2.40. The zero-order valence-corrected chi connectivity index (χ0v) is 12.3. The maximum absolute atomic E-state index is 12.0. The molecule has 0 aliphatic heterocycles. The molecule has 2 unspecified atom stereocenters. The lowest BCUT2D eigenvalue weighted by Gasteiger charge is -2.31. The molecule has 0 N–H and O–H groups in total. The summed E-state index contributed by atoms with van der Waals surface area (Å²) in [6.45, 7) is 6.29. The van der Waals surface area contributed by atoms with Gasteiger partial charge in [0.25, 0.3) is 0 Å². The maximum atomic E-state index is 12.0. The van der Waals surface area contributed by atoms with Crippen molar-refractivity contribution in [3.63, 3.8) is 0 Å². The number of hydrogen-bond donors (Lipinski definition) is 0. The van der Waals surface area contributed by atoms with Gasteiger partial charge < -0.3 is 9.47 Å². The number of carbonyl (C=O) groups excluding carboxylic acids is 2. The van der Waals surface area contributed by atoms with E-state index in [0.717, 1.165) is 25.7 Å². The minimum absolute atomic E-state index is 0.0804. The molecule has 0 aromatic rings. The van der Waals surface area contributed by atoms with Crippen molar-refractivity contribution in [2.75, 3.05) is 13.2 Å². The van der Waals surface area contributed by atoms with E-state index in [4.69, 9.17) is 9.47 Å². The van der Waals surface area contributed by atoms with Crippen LogP contribution in [0.1, 0.15) is 52.9 Å². The summed E-state index contributed by atoms with van der Waals surface area (Å²) in [6, 6.07) is 0. The summed E-state index contributed by atoms with van der Waals surface area (Å²) in [7, 11) is 0. The van der Waals surface area contributed by atoms with Crippen LogP contribution in [0.2, 0.25) is 0 Å². The zero-order chi connectivity index (χ0) is 14.3. The number of hydrogen-bond acceptors (Lipinski definition) is 4. The van der Waals surface area contributed by atoms with Crippen molar-refractivity contribution in [2.24, 2.45) is 17.8 Å². The molecule has 4 nitrogen and oxygen atoms in total. The highest BCUT2D eigenvalue weighted by Crippen LogP contribution is 2.36. The Bertz CT molecular complexity index is 283. The first-order chi connectivity index (χ1) is 9.13. The van der Waals surface area contributed by atoms with Gasteiger partial charge in [0.05, 0.1) is 13.2 Å². The molecule has 0 spiro atoms. The highest BCUT2D eigenvalue weighted by molar-refractivity contribution is 5.95. The Morgan fingerprint density at radius 1 is 1.05 bits per heavy atom. The third kappa shape index (κ3) is 4.51. The molecule has 1 aliphatic rings. The van der Waals surface area contributed by atoms with Gasteiger partial charge in [-0.1, -0.05) is 26.2 Å². The van der Waals surface area contributed by atoms with Crippen molar-refractivity contribution in [2.45, 2.75) is 52.9 Å². The molecule has 0 saturated heterocycles. The molecular weight excluding hydrogens is 244 g/mol. The van der Waals surface area contributed by atoms with E-state index in [9.17, 15) is 9.59 Å². The molecule has 0 bridgehead atoms. The highest BCUT2D eigenvalue weighted by atomic mass is 16.6. The molecular formula is C15H26O4. The van der Waals surface area contributed by atoms with E-state index in [0.29, 0.717) is 19.1 Å². The Kier molecular flexibility index (Phi) is 6.89. The van der Waals surface area contributed by atoms with Gasteiger partial charge in [-0.2, -0.15) is 0 Å². The summed E-state index contributed by atoms with van der Waals surface area (Å²) in [5.74, 6) is -0.860. The largest absolute Gasteiger partial charge is 0.465 e. The quantitative estimate of drug-likeness (QED) is 0.550. The lowest BCUT2D eigenvalue weighted by atomic mass is 9.74. The van der Waals surface area contributed by atoms with Gasteiger partial charge in [0, 0.05) is 0 Å². The standard InChI is InChI=1S/C15H26O4/c1-4-11-8-7-9-12(10-11)13(14(16)18-5-2)15(17)19-6-3/h11-13H,4-10H2,1-3H3. The number of ether oxygens (including phenoxy) is 2. The molecule has 0 aromatic carbocycles. The molecule has 1 aliphatic carbocycles. The lowest BCUT2D eigenvalue weighted by Crippen LogP contribution is -2.36. The SMILES string of the molecule is CCOC(=O)C(C(=O)OCC)C1CCCC(CC)C1. The van der Waals surface area contributed by atoms with Crippen molar-refractivity contribution < 1.29 is 19.1 Å². The summed E-state index contributed by atoms with van der Waals surface area (Å²) < 4.78 is 10.1. The van der Waals surface area contributed by atoms with Crippen molar-refractivity contribution in [3.05, 3.63) is 0 Å². The van der Waals surface area contributed by atoms with Gasteiger partial charge in [0.15, 0.2) is 5.92 Å². The zero-order valence-electron chi connectivity index (χ0n) is 12.3. The monoisotopic (exact) mass is 270 g/mol. The van der Waals surface area contributed by atoms with E-state index in [1.807, 2.05) is 0 Å². The smallest absolute Gasteiger partial charge is 0.320 e. The topological polar surface area (TPSA) is 52.6 Å². The minimum atomic E-state index is -0.728. The van der Waals surface area contributed by atoms with Crippen LogP contribution in [0.5, 0.6) is 0 Å². The van der Waals surface area contributed by atoms with Crippen LogP contribution < -0.4 is 0 Å². The summed E-state index contributed by atoms with van der Waals surface area (Å²) >= 11 is 0. The Morgan fingerprint density at radius 2 is 1.63 bits per heavy atom. The molecule has 0 aromatic heterocycles. The number of rotatable bonds is 6. The fourth-order valence-electron chi connectivity index (χ4n) is 2.95. The summed E-state index contributed by atoms with van der Waals surface area (Å²) in [5.41, 5.74) is 0. The van der Waals surface area contributed by atoms with Gasteiger partial charge in [-0.3, -0.25) is 9.59 Å². The molecule has 2 atom stereocenters. The predicted molar refractivity (Wildman–Crippen MR) is 72.5 cm³/mol. The van der Waals surface area contributed by atoms with Crippen LogP contribution in [0.25, 0.3) is 0 Å². The van der Waals surface area contributed by atoms with E-state index in [1.165, 1.54) is 6.42 Å². The van der Waals surface area contributed by atoms with Crippen molar-refractivity contribution in [3.8, 4) is 0 Å². The maximum Gasteiger partial charge on any atom is 0.320 e. The molecule has 0 amide bonds. The molecule has 1 fully saturated rings. The number of carbonyl (C=O) groups is 2. The third-order valence-electron chi connectivity index (χ3n) is 3.95. The van der Waals surface area contributed by atoms with E-state index >= 15 is 0 Å². The van der Waals surface area contributed by atoms with Gasteiger partial charge in [0.1, 0.15) is 0 Å². The second-order valence-corrected chi connectivity index (χ2v) is 5.18. The van der Waals surface area contributed by atoms with Gasteiger partial charge in [-0.05, 0) is 38.5 Å². The van der Waals surface area contributed by atoms with Gasteiger partial charge in [-0.15, -0.1) is 0 Å². The lowest BCUT2D eigenvalue weighted by molar-refractivity contribution is -0.165. The Labute approximate surface area is 115 Å². The van der Waals surface area contributed by atoms with Gasteiger partial charge in [0.2, 0.25) is 0 Å². The van der Waals surface area contributed by atoms with Crippen molar-refractivity contribution in [1.82, 2.24) is 0 Å². The molecule has 0 radical (unpaired) electrons. The average molecular weight is 270 g/mol. The summed E-state index contributed by atoms with van der Waals surface area (Å²) in [4.78, 5) is 24.1. The highest BCUT2D eigenvalue weighted by Gasteiger charge is 2.39. The van der Waals surface area contributed by atoms with Gasteiger partial charge in [-0.25, -0.2) is 0 Å². The second-order valence-electron chi connectivity index (χ2n) is 5.18. The summed E-state index contributed by atoms with van der Waals surface area (Å²) in [5, 5.41) is 0. The van der Waals surface area contributed by atoms with Crippen molar-refractivity contribution >= 4 is 11.9 Å². The fourth-order valence-corrected chi connectivity index (χ4v) is 2.95. The van der Waals surface area contributed by atoms with Crippen LogP contribution in [0.3, 0.4) is 0 Å². The van der Waals surface area contributed by atoms with E-state index in [2.05, 4.69) is 6.92 Å². The minimum Gasteiger partial charge on any atom is -0.465 e. The van der Waals surface area contributed by atoms with Crippen LogP contribution in [-0.2, 0) is 19.1 Å². The van der Waals surface area contributed by atoms with Crippen LogP contribution in [0.15, 0.2) is 0 Å². The molecule has 1 saturated carbocycles. The van der Waals surface area contributed by atoms with Crippen LogP contribution >= 0.6 is 0 Å². The second kappa shape index (κ2) is 8.18. The third-order valence-corrected chi connectivity index (χ3v) is 3.95. The van der Waals surface area contributed by atoms with Crippen LogP contribution in [-0.4, -0.2) is 25.2 Å². The predicted octanol–water partition coefficient (Wildman–Crippen LogP) is 2.95. The molecule has 19 heavy (non-hydrogen) atoms. The molecule has 110 valence electrons. The van der Waals surface area contributed by atoms with Crippen LogP contribution in [0.4, 0.5) is 0 Å². The Balaban J connectivity index is 2.76. The Hall–Kier alpha value is -1.06. The molecule has 4 heteroatoms. The Morgan fingerprint density at radius 3 is 2.11 bits per heavy atom. The first-order valence-corrected chi connectivity index (χ1v) is 7.47. The first-order valence-electron chi connectivity index (χ1n) is 7.47. The van der Waals surface area contributed by atoms with Gasteiger partial charge >= 0.3 is 11.9 Å². The van der Waals surface area contributed by atoms with E-state index in [-0.39, 0.29) is 5.92 Å². The normalized spacial score (nSPS) is 23.2. The van der Waals surface area contributed by atoms with Crippen molar-refractivity contribution in [1.29, 1.82) is 0 Å². The molecule has 0 heterocycles. The number of esters is 2. The van der Waals surface area contributed by atoms with E-state index < -0.39 is 17.9 Å². The molecule has 1 rings (SSSR count). The van der Waals surface area contributed by atoms with Crippen LogP contribution in [0, 0.1) is 17.8 Å². The fraction of sp³-hybridized carbons (Fsp3) is 0.867. The summed E-state index contributed by atoms with van der Waals surface area (Å²) in [6.07, 6.45) is 5.23. The van der Waals surface area contributed by atoms with E-state index in [1.54, 1.807) is 13.8 Å². The first kappa shape index (κ1) is 16.0.